The number of aromatic nitrogens is 3. The molecule has 4 aromatic rings. The van der Waals surface area contributed by atoms with Crippen molar-refractivity contribution in [3.05, 3.63) is 41.3 Å². The molecule has 4 rings (SSSR count). The SMILES string of the molecule is Cc1nc2ccc(-c3cc(F)c(OC(F)(F)F)c4[nH]ncc34)cc2s1. The quantitative estimate of drug-likeness (QED) is 0.496. The molecule has 2 heterocycles. The molecule has 2 aromatic heterocycles. The van der Waals surface area contributed by atoms with Gasteiger partial charge in [-0.05, 0) is 36.2 Å². The van der Waals surface area contributed by atoms with Crippen molar-refractivity contribution >= 4 is 32.5 Å². The molecule has 4 nitrogen and oxygen atoms in total. The van der Waals surface area contributed by atoms with Gasteiger partial charge in [0.05, 0.1) is 21.4 Å². The van der Waals surface area contributed by atoms with E-state index in [1.54, 1.807) is 12.1 Å². The Balaban J connectivity index is 1.92. The molecule has 0 amide bonds. The van der Waals surface area contributed by atoms with E-state index < -0.39 is 17.9 Å². The Hall–Kier alpha value is -2.68. The number of aromatic amines is 1. The third-order valence-corrected chi connectivity index (χ3v) is 4.60. The highest BCUT2D eigenvalue weighted by molar-refractivity contribution is 7.18. The molecule has 0 bridgehead atoms. The smallest absolute Gasteiger partial charge is 0.400 e. The lowest BCUT2D eigenvalue weighted by Gasteiger charge is -2.12. The highest BCUT2D eigenvalue weighted by atomic mass is 32.1. The van der Waals surface area contributed by atoms with Crippen molar-refractivity contribution in [2.24, 2.45) is 0 Å². The van der Waals surface area contributed by atoms with Crippen LogP contribution in [0.25, 0.3) is 32.2 Å². The Bertz CT molecular complexity index is 1100. The van der Waals surface area contributed by atoms with E-state index >= 15 is 0 Å². The molecule has 0 fully saturated rings. The second-order valence-corrected chi connectivity index (χ2v) is 6.59. The van der Waals surface area contributed by atoms with Gasteiger partial charge < -0.3 is 4.74 Å². The molecule has 0 aliphatic carbocycles. The topological polar surface area (TPSA) is 50.8 Å². The number of nitrogens with zero attached hydrogens (tertiary/aromatic N) is 2. The molecule has 1 N–H and O–H groups in total. The van der Waals surface area contributed by atoms with E-state index in [1.807, 2.05) is 13.0 Å². The maximum atomic E-state index is 14.3. The van der Waals surface area contributed by atoms with Crippen molar-refractivity contribution in [3.8, 4) is 16.9 Å². The lowest BCUT2D eigenvalue weighted by molar-refractivity contribution is -0.275. The lowest BCUT2D eigenvalue weighted by atomic mass is 10.0. The van der Waals surface area contributed by atoms with Crippen LogP contribution in [-0.4, -0.2) is 21.5 Å². The Kier molecular flexibility index (Phi) is 3.43. The average molecular weight is 367 g/mol. The van der Waals surface area contributed by atoms with Crippen molar-refractivity contribution < 1.29 is 22.3 Å². The summed E-state index contributed by atoms with van der Waals surface area (Å²) in [6.45, 7) is 1.88. The number of benzene rings is 2. The number of thiazole rings is 1. The first kappa shape index (κ1) is 15.8. The van der Waals surface area contributed by atoms with Crippen molar-refractivity contribution in [2.45, 2.75) is 13.3 Å². The third kappa shape index (κ3) is 2.80. The van der Waals surface area contributed by atoms with Gasteiger partial charge in [-0.25, -0.2) is 9.37 Å². The molecule has 0 spiro atoms. The number of aryl methyl sites for hydroxylation is 1. The van der Waals surface area contributed by atoms with E-state index in [-0.39, 0.29) is 5.52 Å². The van der Waals surface area contributed by atoms with Crippen LogP contribution >= 0.6 is 11.3 Å². The number of fused-ring (bicyclic) bond motifs is 2. The number of ether oxygens (including phenoxy) is 1. The highest BCUT2D eigenvalue weighted by Crippen LogP contribution is 2.39. The summed E-state index contributed by atoms with van der Waals surface area (Å²) < 4.78 is 56.6. The molecule has 25 heavy (non-hydrogen) atoms. The van der Waals surface area contributed by atoms with Gasteiger partial charge in [0, 0.05) is 5.39 Å². The summed E-state index contributed by atoms with van der Waals surface area (Å²) in [7, 11) is 0. The fourth-order valence-electron chi connectivity index (χ4n) is 2.71. The number of halogens is 4. The van der Waals surface area contributed by atoms with Gasteiger partial charge in [0.25, 0.3) is 0 Å². The van der Waals surface area contributed by atoms with Gasteiger partial charge in [0.15, 0.2) is 11.6 Å². The predicted molar refractivity (Wildman–Crippen MR) is 86.1 cm³/mol. The molecule has 0 radical (unpaired) electrons. The normalized spacial score (nSPS) is 12.2. The lowest BCUT2D eigenvalue weighted by Crippen LogP contribution is -2.18. The zero-order chi connectivity index (χ0) is 17.8. The van der Waals surface area contributed by atoms with Crippen LogP contribution in [0.4, 0.5) is 17.6 Å². The molecular weight excluding hydrogens is 358 g/mol. The van der Waals surface area contributed by atoms with Crippen molar-refractivity contribution in [2.75, 3.05) is 0 Å². The molecular formula is C16H9F4N3OS. The minimum atomic E-state index is -5.00. The highest BCUT2D eigenvalue weighted by Gasteiger charge is 2.34. The second-order valence-electron chi connectivity index (χ2n) is 5.36. The number of H-pyrrole nitrogens is 1. The summed E-state index contributed by atoms with van der Waals surface area (Å²) in [6, 6.07) is 6.38. The molecule has 128 valence electrons. The van der Waals surface area contributed by atoms with Crippen LogP contribution in [0.2, 0.25) is 0 Å². The van der Waals surface area contributed by atoms with Crippen LogP contribution < -0.4 is 4.74 Å². The fraction of sp³-hybridized carbons (Fsp3) is 0.125. The van der Waals surface area contributed by atoms with Gasteiger partial charge in [0.2, 0.25) is 0 Å². The van der Waals surface area contributed by atoms with Crippen molar-refractivity contribution in [1.82, 2.24) is 15.2 Å². The zero-order valence-corrected chi connectivity index (χ0v) is 13.4. The first-order valence-corrected chi connectivity index (χ1v) is 7.92. The van der Waals surface area contributed by atoms with E-state index in [2.05, 4.69) is 19.9 Å². The molecule has 0 saturated heterocycles. The third-order valence-electron chi connectivity index (χ3n) is 3.67. The van der Waals surface area contributed by atoms with Crippen LogP contribution in [0.3, 0.4) is 0 Å². The number of hydrogen-bond donors (Lipinski definition) is 1. The van der Waals surface area contributed by atoms with E-state index in [0.717, 1.165) is 21.3 Å². The van der Waals surface area contributed by atoms with Crippen LogP contribution in [0.15, 0.2) is 30.5 Å². The average Bonchev–Trinajstić information content (AvgIpc) is 3.13. The summed E-state index contributed by atoms with van der Waals surface area (Å²) in [5.74, 6) is -2.04. The van der Waals surface area contributed by atoms with Gasteiger partial charge >= 0.3 is 6.36 Å². The van der Waals surface area contributed by atoms with Gasteiger partial charge in [-0.2, -0.15) is 5.10 Å². The fourth-order valence-corrected chi connectivity index (χ4v) is 3.58. The van der Waals surface area contributed by atoms with E-state index in [1.165, 1.54) is 17.5 Å². The number of alkyl halides is 3. The predicted octanol–water partition coefficient (Wildman–Crippen LogP) is 5.19. The summed E-state index contributed by atoms with van der Waals surface area (Å²) in [5, 5.41) is 7.34. The summed E-state index contributed by atoms with van der Waals surface area (Å²) in [5.41, 5.74) is 1.74. The van der Waals surface area contributed by atoms with Crippen LogP contribution in [-0.2, 0) is 0 Å². The summed E-state index contributed by atoms with van der Waals surface area (Å²) in [6.07, 6.45) is -3.66. The standard InChI is InChI=1S/C16H9F4N3OS/c1-7-22-12-3-2-8(4-13(12)25-7)9-5-11(17)15(24-16(18,19)20)14-10(9)6-21-23-14/h2-6H,1H3,(H,21,23). The first-order chi connectivity index (χ1) is 11.8. The maximum absolute atomic E-state index is 14.3. The Labute approximate surface area is 142 Å². The molecule has 0 saturated carbocycles. The number of nitrogens with one attached hydrogen (secondary N) is 1. The Morgan fingerprint density at radius 1 is 1.20 bits per heavy atom. The monoisotopic (exact) mass is 367 g/mol. The summed E-state index contributed by atoms with van der Waals surface area (Å²) >= 11 is 1.48. The van der Waals surface area contributed by atoms with Gasteiger partial charge in [-0.15, -0.1) is 24.5 Å². The minimum absolute atomic E-state index is 0.145. The largest absolute Gasteiger partial charge is 0.573 e. The van der Waals surface area contributed by atoms with E-state index in [9.17, 15) is 17.6 Å². The maximum Gasteiger partial charge on any atom is 0.573 e. The number of hydrogen-bond acceptors (Lipinski definition) is 4. The minimum Gasteiger partial charge on any atom is -0.400 e. The first-order valence-electron chi connectivity index (χ1n) is 7.11. The van der Waals surface area contributed by atoms with Gasteiger partial charge in [-0.3, -0.25) is 5.10 Å². The Morgan fingerprint density at radius 3 is 2.76 bits per heavy atom. The van der Waals surface area contributed by atoms with E-state index in [4.69, 9.17) is 0 Å². The second kappa shape index (κ2) is 5.41. The molecule has 0 unspecified atom stereocenters. The molecule has 0 aliphatic heterocycles. The summed E-state index contributed by atoms with van der Waals surface area (Å²) in [4.78, 5) is 4.35. The Morgan fingerprint density at radius 2 is 2.00 bits per heavy atom. The van der Waals surface area contributed by atoms with Gasteiger partial charge in [0.1, 0.15) is 5.52 Å². The van der Waals surface area contributed by atoms with Crippen molar-refractivity contribution in [1.29, 1.82) is 0 Å². The van der Waals surface area contributed by atoms with Crippen molar-refractivity contribution in [3.63, 3.8) is 0 Å². The zero-order valence-electron chi connectivity index (χ0n) is 12.6. The van der Waals surface area contributed by atoms with Gasteiger partial charge in [-0.1, -0.05) is 6.07 Å². The molecule has 0 atom stereocenters. The molecule has 0 aliphatic rings. The van der Waals surface area contributed by atoms with Crippen LogP contribution in [0.5, 0.6) is 5.75 Å². The molecule has 2 aromatic carbocycles. The number of rotatable bonds is 2. The van der Waals surface area contributed by atoms with E-state index in [0.29, 0.717) is 16.5 Å². The molecule has 9 heteroatoms. The van der Waals surface area contributed by atoms with Crippen LogP contribution in [0.1, 0.15) is 5.01 Å². The van der Waals surface area contributed by atoms with Crippen LogP contribution in [0, 0.1) is 12.7 Å².